The van der Waals surface area contributed by atoms with Crippen LogP contribution >= 0.6 is 0 Å². The molecule has 0 unspecified atom stereocenters. The first-order valence-corrected chi connectivity index (χ1v) is 10.9. The van der Waals surface area contributed by atoms with Crippen LogP contribution in [0.1, 0.15) is 46.9 Å². The van der Waals surface area contributed by atoms with Gasteiger partial charge in [0.2, 0.25) is 5.95 Å². The zero-order chi connectivity index (χ0) is 23.8. The fraction of sp³-hybridized carbons (Fsp3) is 0.500. The molecule has 33 heavy (non-hydrogen) atoms. The fourth-order valence-electron chi connectivity index (χ4n) is 4.77. The molecule has 4 rings (SSSR count). The molecule has 0 spiro atoms. The number of alkyl halides is 3. The maximum Gasteiger partial charge on any atom is 0.421 e. The lowest BCUT2D eigenvalue weighted by atomic mass is 10.0. The standard InChI is InChI=1S/C22H25F4N5O2/c1-27-21(33)17-6-7-18(19(23)28-17)31-10-8-30(9-11-31)14-3-2-13(12-14)16-5-4-15(20(32)29-16)22(24,25)26/h4-7,13-14H,2-3,8-12H2,1H3,(H,27,33)(H,29,32)/t13-,14-/m1/s1. The van der Waals surface area contributed by atoms with E-state index in [4.69, 9.17) is 0 Å². The highest BCUT2D eigenvalue weighted by Crippen LogP contribution is 2.37. The second-order valence-corrected chi connectivity index (χ2v) is 8.43. The van der Waals surface area contributed by atoms with E-state index >= 15 is 0 Å². The van der Waals surface area contributed by atoms with Gasteiger partial charge in [0, 0.05) is 50.9 Å². The minimum absolute atomic E-state index is 0.00177. The Morgan fingerprint density at radius 2 is 1.85 bits per heavy atom. The first-order valence-electron chi connectivity index (χ1n) is 10.9. The van der Waals surface area contributed by atoms with Crippen LogP contribution in [-0.2, 0) is 6.18 Å². The van der Waals surface area contributed by atoms with Crippen molar-refractivity contribution in [3.8, 4) is 0 Å². The molecule has 178 valence electrons. The lowest BCUT2D eigenvalue weighted by Gasteiger charge is -2.39. The summed E-state index contributed by atoms with van der Waals surface area (Å²) in [7, 11) is 1.46. The van der Waals surface area contributed by atoms with Crippen molar-refractivity contribution in [3.05, 3.63) is 57.5 Å². The molecule has 3 heterocycles. The summed E-state index contributed by atoms with van der Waals surface area (Å²) >= 11 is 0. The number of halogens is 4. The highest BCUT2D eigenvalue weighted by Gasteiger charge is 2.36. The molecule has 1 aliphatic carbocycles. The Kier molecular flexibility index (Phi) is 6.42. The van der Waals surface area contributed by atoms with E-state index in [1.54, 1.807) is 6.07 Å². The maximum atomic E-state index is 14.5. The quantitative estimate of drug-likeness (QED) is 0.534. The first kappa shape index (κ1) is 23.2. The molecule has 0 bridgehead atoms. The van der Waals surface area contributed by atoms with Gasteiger partial charge in [-0.25, -0.2) is 4.98 Å². The Hall–Kier alpha value is -2.95. The van der Waals surface area contributed by atoms with Crippen LogP contribution in [0.3, 0.4) is 0 Å². The number of H-pyrrole nitrogens is 1. The van der Waals surface area contributed by atoms with Crippen molar-refractivity contribution in [1.82, 2.24) is 20.2 Å². The summed E-state index contributed by atoms with van der Waals surface area (Å²) in [5.41, 5.74) is -1.36. The Labute approximate surface area is 187 Å². The Bertz CT molecular complexity index is 1080. The van der Waals surface area contributed by atoms with Gasteiger partial charge in [-0.15, -0.1) is 0 Å². The van der Waals surface area contributed by atoms with Gasteiger partial charge in [0.15, 0.2) is 0 Å². The molecule has 2 fully saturated rings. The van der Waals surface area contributed by atoms with E-state index in [1.165, 1.54) is 19.2 Å². The van der Waals surface area contributed by atoms with Gasteiger partial charge in [0.25, 0.3) is 11.5 Å². The zero-order valence-electron chi connectivity index (χ0n) is 18.1. The number of aromatic nitrogens is 2. The molecule has 1 saturated carbocycles. The number of amides is 1. The van der Waals surface area contributed by atoms with E-state index in [0.29, 0.717) is 37.6 Å². The highest BCUT2D eigenvalue weighted by molar-refractivity contribution is 5.92. The Morgan fingerprint density at radius 1 is 1.12 bits per heavy atom. The lowest BCUT2D eigenvalue weighted by Crippen LogP contribution is -2.50. The number of carbonyl (C=O) groups excluding carboxylic acids is 1. The summed E-state index contributed by atoms with van der Waals surface area (Å²) in [6.45, 7) is 2.60. The average molecular weight is 467 g/mol. The number of anilines is 1. The largest absolute Gasteiger partial charge is 0.421 e. The van der Waals surface area contributed by atoms with Gasteiger partial charge in [-0.1, -0.05) is 0 Å². The molecular weight excluding hydrogens is 442 g/mol. The molecular formula is C22H25F4N5O2. The molecule has 2 aromatic heterocycles. The molecule has 2 N–H and O–H groups in total. The molecule has 0 radical (unpaired) electrons. The molecule has 1 aliphatic heterocycles. The first-order chi connectivity index (χ1) is 15.7. The van der Waals surface area contributed by atoms with E-state index in [9.17, 15) is 27.2 Å². The van der Waals surface area contributed by atoms with Crippen LogP contribution in [0.15, 0.2) is 29.1 Å². The van der Waals surface area contributed by atoms with Gasteiger partial charge in [-0.05, 0) is 43.5 Å². The third kappa shape index (κ3) is 4.87. The minimum Gasteiger partial charge on any atom is -0.365 e. The number of hydrogen-bond acceptors (Lipinski definition) is 5. The number of nitrogens with zero attached hydrogens (tertiary/aromatic N) is 3. The molecule has 1 amide bonds. The van der Waals surface area contributed by atoms with Gasteiger partial charge >= 0.3 is 6.18 Å². The smallest absolute Gasteiger partial charge is 0.365 e. The van der Waals surface area contributed by atoms with Crippen LogP contribution < -0.4 is 15.8 Å². The van der Waals surface area contributed by atoms with Crippen molar-refractivity contribution in [1.29, 1.82) is 0 Å². The van der Waals surface area contributed by atoms with Crippen LogP contribution in [0.2, 0.25) is 0 Å². The third-order valence-corrected chi connectivity index (χ3v) is 6.54. The Morgan fingerprint density at radius 3 is 2.45 bits per heavy atom. The SMILES string of the molecule is CNC(=O)c1ccc(N2CCN([C@@H]3CC[C@@H](c4ccc(C(F)(F)F)c(=O)[nH]4)C3)CC2)c(F)n1. The van der Waals surface area contributed by atoms with Crippen molar-refractivity contribution in [3.63, 3.8) is 0 Å². The zero-order valence-corrected chi connectivity index (χ0v) is 18.1. The minimum atomic E-state index is -4.66. The van der Waals surface area contributed by atoms with E-state index in [1.807, 2.05) is 4.90 Å². The maximum absolute atomic E-state index is 14.5. The van der Waals surface area contributed by atoms with Gasteiger partial charge in [-0.3, -0.25) is 14.5 Å². The molecule has 1 saturated heterocycles. The summed E-state index contributed by atoms with van der Waals surface area (Å²) < 4.78 is 53.0. The second kappa shape index (κ2) is 9.12. The van der Waals surface area contributed by atoms with Gasteiger partial charge < -0.3 is 15.2 Å². The molecule has 2 atom stereocenters. The number of piperazine rings is 1. The lowest BCUT2D eigenvalue weighted by molar-refractivity contribution is -0.138. The number of carbonyl (C=O) groups is 1. The predicted molar refractivity (Wildman–Crippen MR) is 114 cm³/mol. The third-order valence-electron chi connectivity index (χ3n) is 6.54. The summed E-state index contributed by atoms with van der Waals surface area (Å²) in [5, 5.41) is 2.41. The van der Waals surface area contributed by atoms with Gasteiger partial charge in [0.05, 0.1) is 5.69 Å². The monoisotopic (exact) mass is 467 g/mol. The van der Waals surface area contributed by atoms with Crippen molar-refractivity contribution in [2.24, 2.45) is 0 Å². The van der Waals surface area contributed by atoms with Crippen LogP contribution in [0.4, 0.5) is 23.2 Å². The molecule has 7 nitrogen and oxygen atoms in total. The molecule has 2 aromatic rings. The van der Waals surface area contributed by atoms with Crippen LogP contribution in [0.25, 0.3) is 0 Å². The fourth-order valence-corrected chi connectivity index (χ4v) is 4.77. The topological polar surface area (TPSA) is 81.3 Å². The van der Waals surface area contributed by atoms with E-state index in [-0.39, 0.29) is 17.7 Å². The van der Waals surface area contributed by atoms with Gasteiger partial charge in [0.1, 0.15) is 11.3 Å². The van der Waals surface area contributed by atoms with Crippen LogP contribution in [0, 0.1) is 5.95 Å². The number of pyridine rings is 2. The summed E-state index contributed by atoms with van der Waals surface area (Å²) in [5.74, 6) is -1.13. The van der Waals surface area contributed by atoms with E-state index in [0.717, 1.165) is 25.3 Å². The van der Waals surface area contributed by atoms with E-state index < -0.39 is 29.2 Å². The summed E-state index contributed by atoms with van der Waals surface area (Å²) in [6.07, 6.45) is -2.25. The summed E-state index contributed by atoms with van der Waals surface area (Å²) in [4.78, 5) is 33.8. The molecule has 0 aromatic carbocycles. The van der Waals surface area contributed by atoms with Gasteiger partial charge in [-0.2, -0.15) is 17.6 Å². The number of nitrogens with one attached hydrogen (secondary N) is 2. The Balaban J connectivity index is 1.35. The van der Waals surface area contributed by atoms with Crippen molar-refractivity contribution < 1.29 is 22.4 Å². The second-order valence-electron chi connectivity index (χ2n) is 8.43. The number of rotatable bonds is 4. The molecule has 11 heteroatoms. The predicted octanol–water partition coefficient (Wildman–Crippen LogP) is 2.75. The van der Waals surface area contributed by atoms with Crippen LogP contribution in [0.5, 0.6) is 0 Å². The average Bonchev–Trinajstić information content (AvgIpc) is 3.28. The number of hydrogen-bond donors (Lipinski definition) is 2. The van der Waals surface area contributed by atoms with E-state index in [2.05, 4.69) is 20.2 Å². The van der Waals surface area contributed by atoms with Crippen LogP contribution in [-0.4, -0.2) is 60.0 Å². The normalized spacial score (nSPS) is 21.9. The molecule has 2 aliphatic rings. The van der Waals surface area contributed by atoms with Crippen molar-refractivity contribution in [2.75, 3.05) is 38.1 Å². The summed E-state index contributed by atoms with van der Waals surface area (Å²) in [6, 6.07) is 5.54. The van der Waals surface area contributed by atoms with Crippen molar-refractivity contribution in [2.45, 2.75) is 37.4 Å². The number of aromatic amines is 1. The highest BCUT2D eigenvalue weighted by atomic mass is 19.4. The van der Waals surface area contributed by atoms with Crippen molar-refractivity contribution >= 4 is 11.6 Å².